The summed E-state index contributed by atoms with van der Waals surface area (Å²) in [5.74, 6) is -1.62. The quantitative estimate of drug-likeness (QED) is 0.346. The highest BCUT2D eigenvalue weighted by Gasteiger charge is 2.47. The molecular formula is C26H22FNO5. The Labute approximate surface area is 190 Å². The van der Waals surface area contributed by atoms with Crippen LogP contribution in [0.5, 0.6) is 11.5 Å². The number of nitrogens with zero attached hydrogens (tertiary/aromatic N) is 1. The number of benzene rings is 3. The number of para-hydroxylation sites is 1. The molecule has 6 nitrogen and oxygen atoms in total. The van der Waals surface area contributed by atoms with Crippen molar-refractivity contribution >= 4 is 23.1 Å². The zero-order chi connectivity index (χ0) is 23.7. The standard InChI is InChI=1S/C26H22FNO5/c1-15-6-4-5-7-19(15)28-23(16-8-11-18(27)12-9-16)22(25(30)26(28)31)24(29)17-10-13-20(32-2)21(14-17)33-3/h4-14,23,29H,1-3H3/b24-22-. The molecule has 33 heavy (non-hydrogen) atoms. The van der Waals surface area contributed by atoms with Crippen LogP contribution in [0.3, 0.4) is 0 Å². The number of hydrogen-bond acceptors (Lipinski definition) is 5. The Morgan fingerprint density at radius 1 is 0.939 bits per heavy atom. The Balaban J connectivity index is 1.96. The Morgan fingerprint density at radius 3 is 2.24 bits per heavy atom. The lowest BCUT2D eigenvalue weighted by atomic mass is 9.94. The Bertz CT molecular complexity index is 1270. The number of carbonyl (C=O) groups is 2. The van der Waals surface area contributed by atoms with E-state index >= 15 is 0 Å². The molecule has 7 heteroatoms. The van der Waals surface area contributed by atoms with Crippen LogP contribution in [0, 0.1) is 12.7 Å². The van der Waals surface area contributed by atoms with Crippen LogP contribution < -0.4 is 14.4 Å². The van der Waals surface area contributed by atoms with Gasteiger partial charge in [-0.3, -0.25) is 14.5 Å². The largest absolute Gasteiger partial charge is 0.507 e. The summed E-state index contributed by atoms with van der Waals surface area (Å²) >= 11 is 0. The second-order valence-electron chi connectivity index (χ2n) is 7.58. The summed E-state index contributed by atoms with van der Waals surface area (Å²) in [5, 5.41) is 11.2. The highest BCUT2D eigenvalue weighted by atomic mass is 19.1. The van der Waals surface area contributed by atoms with Gasteiger partial charge in [-0.25, -0.2) is 4.39 Å². The third-order valence-corrected chi connectivity index (χ3v) is 5.66. The number of hydrogen-bond donors (Lipinski definition) is 1. The molecule has 1 amide bonds. The van der Waals surface area contributed by atoms with Crippen LogP contribution in [0.4, 0.5) is 10.1 Å². The minimum Gasteiger partial charge on any atom is -0.507 e. The first-order valence-electron chi connectivity index (χ1n) is 10.2. The molecule has 1 fully saturated rings. The second kappa shape index (κ2) is 8.78. The number of carbonyl (C=O) groups excluding carboxylic acids is 2. The molecule has 3 aromatic rings. The summed E-state index contributed by atoms with van der Waals surface area (Å²) in [5.41, 5.74) is 1.98. The third-order valence-electron chi connectivity index (χ3n) is 5.66. The van der Waals surface area contributed by atoms with Gasteiger partial charge < -0.3 is 14.6 Å². The lowest BCUT2D eigenvalue weighted by Gasteiger charge is -2.26. The summed E-state index contributed by atoms with van der Waals surface area (Å²) < 4.78 is 24.2. The summed E-state index contributed by atoms with van der Waals surface area (Å²) in [6, 6.07) is 16.4. The minimum absolute atomic E-state index is 0.0953. The third kappa shape index (κ3) is 3.82. The van der Waals surface area contributed by atoms with Crippen LogP contribution in [-0.4, -0.2) is 31.0 Å². The van der Waals surface area contributed by atoms with Crippen molar-refractivity contribution in [3.63, 3.8) is 0 Å². The predicted octanol–water partition coefficient (Wildman–Crippen LogP) is 4.78. The van der Waals surface area contributed by atoms with Crippen molar-refractivity contribution in [2.24, 2.45) is 0 Å². The van der Waals surface area contributed by atoms with Crippen LogP contribution in [0.15, 0.2) is 72.3 Å². The number of aliphatic hydroxyl groups excluding tert-OH is 1. The molecule has 1 N–H and O–H groups in total. The predicted molar refractivity (Wildman–Crippen MR) is 122 cm³/mol. The van der Waals surface area contributed by atoms with Gasteiger partial charge in [0.1, 0.15) is 11.6 Å². The average molecular weight is 447 g/mol. The van der Waals surface area contributed by atoms with Gasteiger partial charge in [0, 0.05) is 11.3 Å². The molecule has 1 heterocycles. The molecule has 4 rings (SSSR count). The number of anilines is 1. The number of amides is 1. The lowest BCUT2D eigenvalue weighted by molar-refractivity contribution is -0.132. The van der Waals surface area contributed by atoms with Crippen molar-refractivity contribution in [2.45, 2.75) is 13.0 Å². The number of aryl methyl sites for hydroxylation is 1. The van der Waals surface area contributed by atoms with E-state index in [4.69, 9.17) is 9.47 Å². The smallest absolute Gasteiger partial charge is 0.300 e. The van der Waals surface area contributed by atoms with Gasteiger partial charge in [0.25, 0.3) is 11.7 Å². The maximum Gasteiger partial charge on any atom is 0.300 e. The fraction of sp³-hybridized carbons (Fsp3) is 0.154. The van der Waals surface area contributed by atoms with Crippen LogP contribution >= 0.6 is 0 Å². The zero-order valence-corrected chi connectivity index (χ0v) is 18.3. The average Bonchev–Trinajstić information content (AvgIpc) is 3.09. The topological polar surface area (TPSA) is 76.1 Å². The summed E-state index contributed by atoms with van der Waals surface area (Å²) in [6.45, 7) is 1.82. The minimum atomic E-state index is -0.945. The normalized spacial score (nSPS) is 17.3. The maximum absolute atomic E-state index is 13.7. The number of aliphatic hydroxyl groups is 1. The first kappa shape index (κ1) is 22.1. The summed E-state index contributed by atoms with van der Waals surface area (Å²) in [4.78, 5) is 27.7. The first-order chi connectivity index (χ1) is 15.9. The van der Waals surface area contributed by atoms with Crippen LogP contribution in [0.2, 0.25) is 0 Å². The molecule has 1 atom stereocenters. The van der Waals surface area contributed by atoms with Gasteiger partial charge in [0.15, 0.2) is 11.5 Å². The fourth-order valence-electron chi connectivity index (χ4n) is 4.01. The Hall–Kier alpha value is -4.13. The molecule has 1 aliphatic rings. The van der Waals surface area contributed by atoms with Crippen molar-refractivity contribution in [1.29, 1.82) is 0 Å². The zero-order valence-electron chi connectivity index (χ0n) is 18.3. The molecule has 1 aliphatic heterocycles. The van der Waals surface area contributed by atoms with Gasteiger partial charge >= 0.3 is 0 Å². The monoisotopic (exact) mass is 447 g/mol. The van der Waals surface area contributed by atoms with E-state index in [1.54, 1.807) is 24.3 Å². The van der Waals surface area contributed by atoms with Gasteiger partial charge in [-0.15, -0.1) is 0 Å². The molecule has 168 valence electrons. The number of ether oxygens (including phenoxy) is 2. The molecule has 0 saturated carbocycles. The van der Waals surface area contributed by atoms with E-state index in [-0.39, 0.29) is 16.9 Å². The van der Waals surface area contributed by atoms with Gasteiger partial charge in [0.05, 0.1) is 25.8 Å². The molecule has 1 saturated heterocycles. The van der Waals surface area contributed by atoms with E-state index in [1.807, 2.05) is 19.1 Å². The van der Waals surface area contributed by atoms with Crippen LogP contribution in [0.1, 0.15) is 22.7 Å². The van der Waals surface area contributed by atoms with Gasteiger partial charge in [-0.05, 0) is 54.4 Å². The lowest BCUT2D eigenvalue weighted by Crippen LogP contribution is -2.30. The number of ketones is 1. The van der Waals surface area contributed by atoms with E-state index in [9.17, 15) is 19.1 Å². The Kier molecular flexibility index (Phi) is 5.87. The molecular weight excluding hydrogens is 425 g/mol. The number of methoxy groups -OCH3 is 2. The SMILES string of the molecule is COc1ccc(/C(O)=C2/C(=O)C(=O)N(c3ccccc3C)C2c2ccc(F)cc2)cc1OC. The summed E-state index contributed by atoms with van der Waals surface area (Å²) in [6.07, 6.45) is 0. The Morgan fingerprint density at radius 2 is 1.61 bits per heavy atom. The summed E-state index contributed by atoms with van der Waals surface area (Å²) in [7, 11) is 2.94. The van der Waals surface area contributed by atoms with Crippen molar-refractivity contribution in [1.82, 2.24) is 0 Å². The van der Waals surface area contributed by atoms with Crippen molar-refractivity contribution in [2.75, 3.05) is 19.1 Å². The van der Waals surface area contributed by atoms with Gasteiger partial charge in [-0.1, -0.05) is 30.3 Å². The highest BCUT2D eigenvalue weighted by molar-refractivity contribution is 6.51. The van der Waals surface area contributed by atoms with E-state index in [0.29, 0.717) is 22.7 Å². The first-order valence-corrected chi connectivity index (χ1v) is 10.2. The van der Waals surface area contributed by atoms with E-state index < -0.39 is 23.5 Å². The highest BCUT2D eigenvalue weighted by Crippen LogP contribution is 2.43. The molecule has 0 spiro atoms. The molecule has 1 unspecified atom stereocenters. The molecule has 0 aromatic heterocycles. The van der Waals surface area contributed by atoms with Gasteiger partial charge in [0.2, 0.25) is 0 Å². The van der Waals surface area contributed by atoms with Crippen molar-refractivity contribution in [3.05, 3.63) is 94.8 Å². The van der Waals surface area contributed by atoms with Crippen LogP contribution in [0.25, 0.3) is 5.76 Å². The van der Waals surface area contributed by atoms with E-state index in [0.717, 1.165) is 5.56 Å². The molecule has 0 aliphatic carbocycles. The molecule has 3 aromatic carbocycles. The second-order valence-corrected chi connectivity index (χ2v) is 7.58. The number of rotatable bonds is 5. The van der Waals surface area contributed by atoms with E-state index in [1.165, 1.54) is 49.5 Å². The fourth-order valence-corrected chi connectivity index (χ4v) is 4.01. The van der Waals surface area contributed by atoms with E-state index in [2.05, 4.69) is 0 Å². The number of Topliss-reactive ketones (excluding diaryl/α,β-unsaturated/α-hetero) is 1. The number of halogens is 1. The van der Waals surface area contributed by atoms with Crippen molar-refractivity contribution < 1.29 is 28.6 Å². The maximum atomic E-state index is 13.7. The van der Waals surface area contributed by atoms with Crippen LogP contribution in [-0.2, 0) is 9.59 Å². The molecule has 0 radical (unpaired) electrons. The molecule has 0 bridgehead atoms. The van der Waals surface area contributed by atoms with Gasteiger partial charge in [-0.2, -0.15) is 0 Å². The van der Waals surface area contributed by atoms with Crippen molar-refractivity contribution in [3.8, 4) is 11.5 Å².